The maximum atomic E-state index is 5.93. The molecule has 122 valence electrons. The Morgan fingerprint density at radius 3 is 2.00 bits per heavy atom. The van der Waals surface area contributed by atoms with Crippen LogP contribution in [0, 0.1) is 0 Å². The topological polar surface area (TPSA) is 18.5 Å². The molecule has 2 aromatic carbocycles. The van der Waals surface area contributed by atoms with Gasteiger partial charge < -0.3 is 9.47 Å². The van der Waals surface area contributed by atoms with Crippen LogP contribution in [0.15, 0.2) is 48.5 Å². The molecular weight excluding hydrogens is 284 g/mol. The van der Waals surface area contributed by atoms with Crippen molar-refractivity contribution in [2.45, 2.75) is 45.3 Å². The van der Waals surface area contributed by atoms with Gasteiger partial charge in [0.05, 0.1) is 19.3 Å². The van der Waals surface area contributed by atoms with Crippen LogP contribution < -0.4 is 0 Å². The fraction of sp³-hybridized carbons (Fsp3) is 0.429. The predicted molar refractivity (Wildman–Crippen MR) is 94.6 cm³/mol. The molecule has 0 radical (unpaired) electrons. The highest BCUT2D eigenvalue weighted by Gasteiger charge is 2.22. The summed E-state index contributed by atoms with van der Waals surface area (Å²) < 4.78 is 11.8. The Hall–Kier alpha value is -1.64. The van der Waals surface area contributed by atoms with Crippen LogP contribution in [0.5, 0.6) is 0 Å². The van der Waals surface area contributed by atoms with Gasteiger partial charge in [-0.15, -0.1) is 0 Å². The molecule has 23 heavy (non-hydrogen) atoms. The number of aryl methyl sites for hydroxylation is 1. The van der Waals surface area contributed by atoms with E-state index in [0.29, 0.717) is 13.2 Å². The molecule has 0 unspecified atom stereocenters. The van der Waals surface area contributed by atoms with Crippen LogP contribution in [0.4, 0.5) is 0 Å². The van der Waals surface area contributed by atoms with Gasteiger partial charge in [-0.05, 0) is 35.1 Å². The Labute approximate surface area is 139 Å². The second-order valence-corrected chi connectivity index (χ2v) is 6.25. The van der Waals surface area contributed by atoms with Crippen LogP contribution in [0.3, 0.4) is 0 Å². The van der Waals surface area contributed by atoms with Gasteiger partial charge in [0.2, 0.25) is 0 Å². The first-order valence-electron chi connectivity index (χ1n) is 8.72. The third-order valence-electron chi connectivity index (χ3n) is 4.53. The largest absolute Gasteiger partial charge is 0.373 e. The predicted octanol–water partition coefficient (Wildman–Crippen LogP) is 5.17. The average Bonchev–Trinajstić information content (AvgIpc) is 2.63. The zero-order chi connectivity index (χ0) is 16.1. The molecule has 0 bridgehead atoms. The second-order valence-electron chi connectivity index (χ2n) is 6.25. The third-order valence-corrected chi connectivity index (χ3v) is 4.53. The highest BCUT2D eigenvalue weighted by molar-refractivity contribution is 5.64. The van der Waals surface area contributed by atoms with Crippen molar-refractivity contribution in [2.75, 3.05) is 13.2 Å². The van der Waals surface area contributed by atoms with Crippen molar-refractivity contribution in [3.8, 4) is 11.1 Å². The van der Waals surface area contributed by atoms with E-state index in [0.717, 1.165) is 12.8 Å². The van der Waals surface area contributed by atoms with Gasteiger partial charge >= 0.3 is 0 Å². The molecule has 1 heterocycles. The van der Waals surface area contributed by atoms with Crippen LogP contribution >= 0.6 is 0 Å². The third kappa shape index (κ3) is 4.01. The van der Waals surface area contributed by atoms with Gasteiger partial charge in [-0.3, -0.25) is 0 Å². The molecule has 0 aromatic heterocycles. The summed E-state index contributed by atoms with van der Waals surface area (Å²) in [6.07, 6.45) is 3.68. The summed E-state index contributed by atoms with van der Waals surface area (Å²) in [5, 5.41) is 0. The molecule has 1 fully saturated rings. The van der Waals surface area contributed by atoms with E-state index in [4.69, 9.17) is 9.47 Å². The lowest BCUT2D eigenvalue weighted by atomic mass is 10.00. The van der Waals surface area contributed by atoms with Crippen molar-refractivity contribution in [3.63, 3.8) is 0 Å². The van der Waals surface area contributed by atoms with Crippen molar-refractivity contribution < 1.29 is 9.47 Å². The second kappa shape index (κ2) is 7.76. The molecule has 0 spiro atoms. The van der Waals surface area contributed by atoms with E-state index in [1.807, 2.05) is 0 Å². The van der Waals surface area contributed by atoms with Gasteiger partial charge in [0.25, 0.3) is 0 Å². The van der Waals surface area contributed by atoms with Crippen LogP contribution in [0.2, 0.25) is 0 Å². The minimum atomic E-state index is 0.0683. The number of ether oxygens (including phenoxy) is 2. The standard InChI is InChI=1S/C21H26O2/c1-3-5-16-6-8-17(9-7-16)18-10-12-19(13-11-18)21-15-22-20(4-2)14-23-21/h6-13,20-21H,3-5,14-15H2,1-2H3/t20-,21-/m1/s1. The maximum absolute atomic E-state index is 5.93. The first-order valence-corrected chi connectivity index (χ1v) is 8.72. The van der Waals surface area contributed by atoms with E-state index in [1.165, 1.54) is 28.7 Å². The lowest BCUT2D eigenvalue weighted by Crippen LogP contribution is -2.30. The Balaban J connectivity index is 1.67. The highest BCUT2D eigenvalue weighted by Crippen LogP contribution is 2.27. The average molecular weight is 310 g/mol. The van der Waals surface area contributed by atoms with Gasteiger partial charge in [0.1, 0.15) is 6.10 Å². The summed E-state index contributed by atoms with van der Waals surface area (Å²) in [7, 11) is 0. The van der Waals surface area contributed by atoms with Gasteiger partial charge in [-0.25, -0.2) is 0 Å². The Morgan fingerprint density at radius 2 is 1.48 bits per heavy atom. The molecule has 3 rings (SSSR count). The molecule has 2 heteroatoms. The van der Waals surface area contributed by atoms with E-state index in [-0.39, 0.29) is 12.2 Å². The number of hydrogen-bond acceptors (Lipinski definition) is 2. The Bertz CT molecular complexity index is 593. The summed E-state index contributed by atoms with van der Waals surface area (Å²) in [5.41, 5.74) is 5.13. The summed E-state index contributed by atoms with van der Waals surface area (Å²) >= 11 is 0. The molecule has 0 amide bonds. The van der Waals surface area contributed by atoms with E-state index < -0.39 is 0 Å². The molecule has 0 N–H and O–H groups in total. The van der Waals surface area contributed by atoms with Crippen molar-refractivity contribution in [1.29, 1.82) is 0 Å². The minimum absolute atomic E-state index is 0.0683. The molecule has 1 aliphatic heterocycles. The zero-order valence-corrected chi connectivity index (χ0v) is 14.1. The molecule has 2 nitrogen and oxygen atoms in total. The molecule has 2 aromatic rings. The summed E-state index contributed by atoms with van der Waals surface area (Å²) in [6.45, 7) is 5.70. The first-order chi connectivity index (χ1) is 11.3. The molecule has 1 saturated heterocycles. The quantitative estimate of drug-likeness (QED) is 0.758. The molecule has 0 saturated carbocycles. The first kappa shape index (κ1) is 16.2. The monoisotopic (exact) mass is 310 g/mol. The normalized spacial score (nSPS) is 21.3. The van der Waals surface area contributed by atoms with Gasteiger partial charge in [-0.2, -0.15) is 0 Å². The van der Waals surface area contributed by atoms with Crippen LogP contribution in [-0.4, -0.2) is 19.3 Å². The fourth-order valence-corrected chi connectivity index (χ4v) is 3.01. The molecule has 2 atom stereocenters. The van der Waals surface area contributed by atoms with E-state index in [2.05, 4.69) is 62.4 Å². The van der Waals surface area contributed by atoms with Crippen LogP contribution in [-0.2, 0) is 15.9 Å². The fourth-order valence-electron chi connectivity index (χ4n) is 3.01. The summed E-state index contributed by atoms with van der Waals surface area (Å²) in [5.74, 6) is 0. The van der Waals surface area contributed by atoms with Gasteiger partial charge in [0, 0.05) is 0 Å². The van der Waals surface area contributed by atoms with E-state index in [9.17, 15) is 0 Å². The summed E-state index contributed by atoms with van der Waals surface area (Å²) in [6, 6.07) is 17.6. The zero-order valence-electron chi connectivity index (χ0n) is 14.1. The van der Waals surface area contributed by atoms with Crippen molar-refractivity contribution in [2.24, 2.45) is 0 Å². The SMILES string of the molecule is CCCc1ccc(-c2ccc([C@H]3CO[C@H](CC)CO3)cc2)cc1. The highest BCUT2D eigenvalue weighted by atomic mass is 16.6. The Kier molecular flexibility index (Phi) is 5.47. The van der Waals surface area contributed by atoms with E-state index >= 15 is 0 Å². The van der Waals surface area contributed by atoms with Crippen molar-refractivity contribution in [1.82, 2.24) is 0 Å². The summed E-state index contributed by atoms with van der Waals surface area (Å²) in [4.78, 5) is 0. The Morgan fingerprint density at radius 1 is 0.826 bits per heavy atom. The molecule has 1 aliphatic rings. The van der Waals surface area contributed by atoms with Gasteiger partial charge in [-0.1, -0.05) is 68.8 Å². The number of rotatable bonds is 5. The van der Waals surface area contributed by atoms with Gasteiger partial charge in [0.15, 0.2) is 0 Å². The lowest BCUT2D eigenvalue weighted by molar-refractivity contribution is -0.135. The van der Waals surface area contributed by atoms with Crippen molar-refractivity contribution >= 4 is 0 Å². The van der Waals surface area contributed by atoms with Crippen LogP contribution in [0.1, 0.15) is 43.9 Å². The molecular formula is C21H26O2. The smallest absolute Gasteiger partial charge is 0.106 e. The number of hydrogen-bond donors (Lipinski definition) is 0. The van der Waals surface area contributed by atoms with Crippen LogP contribution in [0.25, 0.3) is 11.1 Å². The minimum Gasteiger partial charge on any atom is -0.373 e. The molecule has 0 aliphatic carbocycles. The van der Waals surface area contributed by atoms with E-state index in [1.54, 1.807) is 0 Å². The van der Waals surface area contributed by atoms with Crippen molar-refractivity contribution in [3.05, 3.63) is 59.7 Å². The maximum Gasteiger partial charge on any atom is 0.106 e. The lowest BCUT2D eigenvalue weighted by Gasteiger charge is -2.29. The number of benzene rings is 2.